The number of halogens is 1. The van der Waals surface area contributed by atoms with E-state index in [1.54, 1.807) is 36.4 Å². The molecule has 0 aromatic heterocycles. The molecule has 0 bridgehead atoms. The maximum Gasteiger partial charge on any atom is 0.262 e. The van der Waals surface area contributed by atoms with Crippen molar-refractivity contribution >= 4 is 23.4 Å². The van der Waals surface area contributed by atoms with E-state index >= 15 is 0 Å². The number of benzene rings is 2. The van der Waals surface area contributed by atoms with Crippen LogP contribution in [-0.2, 0) is 0 Å². The maximum absolute atomic E-state index is 12.4. The number of hydrogen-bond acceptors (Lipinski definition) is 2. The van der Waals surface area contributed by atoms with E-state index < -0.39 is 0 Å². The molecule has 1 atom stereocenters. The maximum atomic E-state index is 12.4. The monoisotopic (exact) mass is 285 g/mol. The van der Waals surface area contributed by atoms with Gasteiger partial charge < -0.3 is 0 Å². The van der Waals surface area contributed by atoms with Gasteiger partial charge in [0.05, 0.1) is 17.2 Å². The van der Waals surface area contributed by atoms with Gasteiger partial charge in [-0.15, -0.1) is 0 Å². The average Bonchev–Trinajstić information content (AvgIpc) is 2.71. The zero-order valence-corrected chi connectivity index (χ0v) is 11.6. The Labute approximate surface area is 121 Å². The summed E-state index contributed by atoms with van der Waals surface area (Å²) >= 11 is 5.97. The fourth-order valence-electron chi connectivity index (χ4n) is 2.48. The van der Waals surface area contributed by atoms with Crippen LogP contribution < -0.4 is 0 Å². The van der Waals surface area contributed by atoms with Crippen LogP contribution in [0.5, 0.6) is 0 Å². The lowest BCUT2D eigenvalue weighted by atomic mass is 10.1. The SMILES string of the molecule is C[C@H](c1cccc(Cl)c1)N1C(=O)c2ccccc2C1=O. The summed E-state index contributed by atoms with van der Waals surface area (Å²) in [6, 6.07) is 13.7. The summed E-state index contributed by atoms with van der Waals surface area (Å²) in [6.45, 7) is 1.83. The van der Waals surface area contributed by atoms with E-state index in [-0.39, 0.29) is 17.9 Å². The number of rotatable bonds is 2. The summed E-state index contributed by atoms with van der Waals surface area (Å²) in [4.78, 5) is 26.0. The Hall–Kier alpha value is -2.13. The van der Waals surface area contributed by atoms with Crippen LogP contribution in [0.2, 0.25) is 5.02 Å². The summed E-state index contributed by atoms with van der Waals surface area (Å²) < 4.78 is 0. The molecule has 1 aliphatic heterocycles. The van der Waals surface area contributed by atoms with Crippen molar-refractivity contribution in [2.75, 3.05) is 0 Å². The van der Waals surface area contributed by atoms with Gasteiger partial charge in [0.1, 0.15) is 0 Å². The minimum absolute atomic E-state index is 0.252. The highest BCUT2D eigenvalue weighted by Gasteiger charge is 2.38. The molecular formula is C16H12ClNO2. The molecule has 2 aromatic rings. The molecular weight excluding hydrogens is 274 g/mol. The van der Waals surface area contributed by atoms with Gasteiger partial charge in [-0.2, -0.15) is 0 Å². The quantitative estimate of drug-likeness (QED) is 0.789. The van der Waals surface area contributed by atoms with Gasteiger partial charge >= 0.3 is 0 Å². The second kappa shape index (κ2) is 4.76. The lowest BCUT2D eigenvalue weighted by Crippen LogP contribution is -2.32. The molecule has 0 N–H and O–H groups in total. The van der Waals surface area contributed by atoms with Gasteiger partial charge in [0.25, 0.3) is 11.8 Å². The molecule has 20 heavy (non-hydrogen) atoms. The van der Waals surface area contributed by atoms with Crippen LogP contribution in [-0.4, -0.2) is 16.7 Å². The highest BCUT2D eigenvalue weighted by Crippen LogP contribution is 2.31. The molecule has 2 amide bonds. The van der Waals surface area contributed by atoms with E-state index in [0.29, 0.717) is 16.1 Å². The Bertz CT molecular complexity index is 676. The van der Waals surface area contributed by atoms with Crippen molar-refractivity contribution in [3.05, 3.63) is 70.2 Å². The summed E-state index contributed by atoms with van der Waals surface area (Å²) in [5, 5.41) is 0.589. The lowest BCUT2D eigenvalue weighted by Gasteiger charge is -2.23. The number of carbonyl (C=O) groups excluding carboxylic acids is 2. The third kappa shape index (κ3) is 1.91. The van der Waals surface area contributed by atoms with Crippen molar-refractivity contribution < 1.29 is 9.59 Å². The molecule has 0 fully saturated rings. The number of carbonyl (C=O) groups is 2. The highest BCUT2D eigenvalue weighted by atomic mass is 35.5. The standard InChI is InChI=1S/C16H12ClNO2/c1-10(11-5-4-6-12(17)9-11)18-15(19)13-7-2-3-8-14(13)16(18)20/h2-10H,1H3/t10-/m1/s1. The lowest BCUT2D eigenvalue weighted by molar-refractivity contribution is 0.0595. The van der Waals surface area contributed by atoms with Gasteiger partial charge in [0.15, 0.2) is 0 Å². The van der Waals surface area contributed by atoms with Crippen molar-refractivity contribution in [2.45, 2.75) is 13.0 Å². The molecule has 0 aliphatic carbocycles. The zero-order chi connectivity index (χ0) is 14.3. The van der Waals surface area contributed by atoms with E-state index in [9.17, 15) is 9.59 Å². The number of imide groups is 1. The predicted octanol–water partition coefficient (Wildman–Crippen LogP) is 3.70. The van der Waals surface area contributed by atoms with Gasteiger partial charge in [-0.1, -0.05) is 35.9 Å². The molecule has 3 rings (SSSR count). The normalized spacial score (nSPS) is 15.4. The first-order valence-electron chi connectivity index (χ1n) is 6.32. The molecule has 4 heteroatoms. The summed E-state index contributed by atoms with van der Waals surface area (Å²) in [5.74, 6) is -0.504. The summed E-state index contributed by atoms with van der Waals surface area (Å²) in [5.41, 5.74) is 1.77. The van der Waals surface area contributed by atoms with Crippen LogP contribution in [0.3, 0.4) is 0 Å². The molecule has 0 radical (unpaired) electrons. The molecule has 0 saturated carbocycles. The van der Waals surface area contributed by atoms with E-state index in [2.05, 4.69) is 0 Å². The fourth-order valence-corrected chi connectivity index (χ4v) is 2.67. The molecule has 1 aliphatic rings. The van der Waals surface area contributed by atoms with Crippen molar-refractivity contribution in [1.82, 2.24) is 4.90 Å². The van der Waals surface area contributed by atoms with Crippen LogP contribution in [0.4, 0.5) is 0 Å². The Morgan fingerprint density at radius 2 is 1.55 bits per heavy atom. The van der Waals surface area contributed by atoms with Crippen LogP contribution in [0.25, 0.3) is 0 Å². The number of amides is 2. The minimum atomic E-state index is -0.346. The summed E-state index contributed by atoms with van der Waals surface area (Å²) in [6.07, 6.45) is 0. The third-order valence-corrected chi connectivity index (χ3v) is 3.78. The average molecular weight is 286 g/mol. The second-order valence-corrected chi connectivity index (χ2v) is 5.19. The number of fused-ring (bicyclic) bond motifs is 1. The Morgan fingerprint density at radius 3 is 2.10 bits per heavy atom. The fraction of sp³-hybridized carbons (Fsp3) is 0.125. The Kier molecular flexibility index (Phi) is 3.07. The van der Waals surface area contributed by atoms with Gasteiger partial charge in [0.2, 0.25) is 0 Å². The van der Waals surface area contributed by atoms with Gasteiger partial charge in [-0.3, -0.25) is 14.5 Å². The van der Waals surface area contributed by atoms with Crippen molar-refractivity contribution in [2.24, 2.45) is 0 Å². The largest absolute Gasteiger partial charge is 0.269 e. The van der Waals surface area contributed by atoms with Crippen LogP contribution in [0, 0.1) is 0 Å². The number of hydrogen-bond donors (Lipinski definition) is 0. The van der Waals surface area contributed by atoms with Gasteiger partial charge in [0, 0.05) is 5.02 Å². The molecule has 0 spiro atoms. The highest BCUT2D eigenvalue weighted by molar-refractivity contribution is 6.30. The first kappa shape index (κ1) is 12.9. The molecule has 2 aromatic carbocycles. The van der Waals surface area contributed by atoms with Crippen LogP contribution >= 0.6 is 11.6 Å². The zero-order valence-electron chi connectivity index (χ0n) is 10.8. The number of nitrogens with zero attached hydrogens (tertiary/aromatic N) is 1. The second-order valence-electron chi connectivity index (χ2n) is 4.76. The van der Waals surface area contributed by atoms with Crippen LogP contribution in [0.1, 0.15) is 39.2 Å². The van der Waals surface area contributed by atoms with Crippen molar-refractivity contribution in [3.8, 4) is 0 Å². The van der Waals surface area contributed by atoms with Crippen LogP contribution in [0.15, 0.2) is 48.5 Å². The molecule has 3 nitrogen and oxygen atoms in total. The third-order valence-electron chi connectivity index (χ3n) is 3.54. The summed E-state index contributed by atoms with van der Waals surface area (Å²) in [7, 11) is 0. The smallest absolute Gasteiger partial charge is 0.262 e. The minimum Gasteiger partial charge on any atom is -0.269 e. The predicted molar refractivity (Wildman–Crippen MR) is 76.8 cm³/mol. The first-order valence-corrected chi connectivity index (χ1v) is 6.70. The van der Waals surface area contributed by atoms with Gasteiger partial charge in [-0.05, 0) is 36.8 Å². The molecule has 1 heterocycles. The Morgan fingerprint density at radius 1 is 0.950 bits per heavy atom. The van der Waals surface area contributed by atoms with E-state index in [1.807, 2.05) is 19.1 Å². The molecule has 100 valence electrons. The van der Waals surface area contributed by atoms with Crippen molar-refractivity contribution in [3.63, 3.8) is 0 Å². The van der Waals surface area contributed by atoms with Gasteiger partial charge in [-0.25, -0.2) is 0 Å². The molecule has 0 saturated heterocycles. The first-order chi connectivity index (χ1) is 9.59. The molecule has 0 unspecified atom stereocenters. The van der Waals surface area contributed by atoms with E-state index in [1.165, 1.54) is 4.90 Å². The van der Waals surface area contributed by atoms with Crippen molar-refractivity contribution in [1.29, 1.82) is 0 Å². The topological polar surface area (TPSA) is 37.4 Å². The Balaban J connectivity index is 2.01. The van der Waals surface area contributed by atoms with E-state index in [4.69, 9.17) is 11.6 Å². The van der Waals surface area contributed by atoms with E-state index in [0.717, 1.165) is 5.56 Å².